The Kier molecular flexibility index (Phi) is 6.17. The van der Waals surface area contributed by atoms with E-state index >= 15 is 0 Å². The van der Waals surface area contributed by atoms with Crippen LogP contribution in [0.15, 0.2) is 73.1 Å². The number of nitrogens with zero attached hydrogens (tertiary/aromatic N) is 4. The van der Waals surface area contributed by atoms with E-state index in [0.29, 0.717) is 19.5 Å². The molecule has 1 saturated heterocycles. The molecule has 168 valence electrons. The molecule has 3 heterocycles. The fourth-order valence-corrected chi connectivity index (χ4v) is 4.83. The molecule has 5 rings (SSSR count). The number of benzene rings is 2. The summed E-state index contributed by atoms with van der Waals surface area (Å²) < 4.78 is 2.28. The van der Waals surface area contributed by atoms with Gasteiger partial charge in [0.1, 0.15) is 5.82 Å². The summed E-state index contributed by atoms with van der Waals surface area (Å²) in [5.41, 5.74) is 5.59. The number of aryl methyl sites for hydroxylation is 1. The summed E-state index contributed by atoms with van der Waals surface area (Å²) in [5, 5.41) is 3.12. The van der Waals surface area contributed by atoms with Crippen LogP contribution in [-0.4, -0.2) is 45.0 Å². The van der Waals surface area contributed by atoms with Crippen molar-refractivity contribution >= 4 is 16.9 Å². The predicted molar refractivity (Wildman–Crippen MR) is 131 cm³/mol. The molecule has 1 atom stereocenters. The van der Waals surface area contributed by atoms with Gasteiger partial charge in [-0.15, -0.1) is 0 Å². The zero-order valence-corrected chi connectivity index (χ0v) is 18.9. The lowest BCUT2D eigenvalue weighted by atomic mass is 9.92. The van der Waals surface area contributed by atoms with Crippen molar-refractivity contribution in [2.24, 2.45) is 5.92 Å². The molecule has 2 aromatic carbocycles. The standard InChI is InChI=1S/C27H29N5O/c1-2-32-25-12-6-5-11-24(25)30-26(32)19-31-15-14-29-27(33)22(18-31)16-20-8-3-4-10-23(20)21-9-7-13-28-17-21/h3-13,17,22H,2,14-16,18-19H2,1H3,(H,29,33). The number of aromatic nitrogens is 3. The molecule has 1 aliphatic rings. The van der Waals surface area contributed by atoms with E-state index in [1.54, 1.807) is 6.20 Å². The lowest BCUT2D eigenvalue weighted by Gasteiger charge is -2.23. The molecular formula is C27H29N5O. The highest BCUT2D eigenvalue weighted by molar-refractivity contribution is 5.80. The Morgan fingerprint density at radius 1 is 1.06 bits per heavy atom. The largest absolute Gasteiger partial charge is 0.355 e. The number of para-hydroxylation sites is 2. The molecule has 1 fully saturated rings. The van der Waals surface area contributed by atoms with E-state index in [9.17, 15) is 4.79 Å². The molecular weight excluding hydrogens is 410 g/mol. The second kappa shape index (κ2) is 9.55. The van der Waals surface area contributed by atoms with Crippen molar-refractivity contribution in [3.63, 3.8) is 0 Å². The van der Waals surface area contributed by atoms with Crippen molar-refractivity contribution in [3.05, 3.63) is 84.4 Å². The number of imidazole rings is 1. The first-order valence-electron chi connectivity index (χ1n) is 11.7. The van der Waals surface area contributed by atoms with Crippen LogP contribution in [0.5, 0.6) is 0 Å². The summed E-state index contributed by atoms with van der Waals surface area (Å²) in [6.07, 6.45) is 4.36. The van der Waals surface area contributed by atoms with Crippen LogP contribution in [0.25, 0.3) is 22.2 Å². The van der Waals surface area contributed by atoms with Crippen LogP contribution >= 0.6 is 0 Å². The molecule has 6 nitrogen and oxygen atoms in total. The van der Waals surface area contributed by atoms with Gasteiger partial charge in [-0.25, -0.2) is 4.98 Å². The molecule has 4 aromatic rings. The third-order valence-electron chi connectivity index (χ3n) is 6.45. The van der Waals surface area contributed by atoms with Crippen molar-refractivity contribution in [3.8, 4) is 11.1 Å². The van der Waals surface area contributed by atoms with Gasteiger partial charge in [0.25, 0.3) is 0 Å². The molecule has 33 heavy (non-hydrogen) atoms. The van der Waals surface area contributed by atoms with E-state index in [-0.39, 0.29) is 11.8 Å². The highest BCUT2D eigenvalue weighted by Crippen LogP contribution is 2.26. The van der Waals surface area contributed by atoms with Gasteiger partial charge < -0.3 is 9.88 Å². The van der Waals surface area contributed by atoms with E-state index < -0.39 is 0 Å². The minimum absolute atomic E-state index is 0.121. The smallest absolute Gasteiger partial charge is 0.224 e. The van der Waals surface area contributed by atoms with Crippen molar-refractivity contribution in [1.29, 1.82) is 0 Å². The van der Waals surface area contributed by atoms with Gasteiger partial charge >= 0.3 is 0 Å². The maximum Gasteiger partial charge on any atom is 0.224 e. The van der Waals surface area contributed by atoms with Crippen LogP contribution < -0.4 is 5.32 Å². The monoisotopic (exact) mass is 439 g/mol. The summed E-state index contributed by atoms with van der Waals surface area (Å²) in [6.45, 7) is 5.95. The number of hydrogen-bond acceptors (Lipinski definition) is 4. The zero-order chi connectivity index (χ0) is 22.6. The molecule has 0 aliphatic carbocycles. The maximum atomic E-state index is 13.0. The zero-order valence-electron chi connectivity index (χ0n) is 18.9. The Bertz CT molecular complexity index is 1250. The minimum Gasteiger partial charge on any atom is -0.355 e. The summed E-state index contributed by atoms with van der Waals surface area (Å²) in [4.78, 5) is 24.5. The lowest BCUT2D eigenvalue weighted by Crippen LogP contribution is -2.34. The number of nitrogens with one attached hydrogen (secondary N) is 1. The van der Waals surface area contributed by atoms with E-state index in [1.807, 2.05) is 30.5 Å². The van der Waals surface area contributed by atoms with Crippen LogP contribution in [-0.2, 0) is 24.3 Å². The van der Waals surface area contributed by atoms with Gasteiger partial charge in [-0.1, -0.05) is 42.5 Å². The van der Waals surface area contributed by atoms with Gasteiger partial charge in [0, 0.05) is 44.1 Å². The van der Waals surface area contributed by atoms with Crippen LogP contribution in [0.3, 0.4) is 0 Å². The Hall–Kier alpha value is -3.51. The third kappa shape index (κ3) is 4.52. The summed E-state index contributed by atoms with van der Waals surface area (Å²) in [6, 6.07) is 20.6. The minimum atomic E-state index is -0.121. The highest BCUT2D eigenvalue weighted by atomic mass is 16.1. The molecule has 1 N–H and O–H groups in total. The topological polar surface area (TPSA) is 63.0 Å². The summed E-state index contributed by atoms with van der Waals surface area (Å²) in [5.74, 6) is 1.06. The number of rotatable bonds is 6. The first-order valence-corrected chi connectivity index (χ1v) is 11.7. The number of carbonyl (C=O) groups is 1. The normalized spacial score (nSPS) is 17.1. The van der Waals surface area contributed by atoms with Crippen LogP contribution in [0.1, 0.15) is 18.3 Å². The van der Waals surface area contributed by atoms with Gasteiger partial charge in [-0.2, -0.15) is 0 Å². The number of fused-ring (bicyclic) bond motifs is 1. The highest BCUT2D eigenvalue weighted by Gasteiger charge is 2.27. The van der Waals surface area contributed by atoms with E-state index in [4.69, 9.17) is 4.98 Å². The molecule has 1 amide bonds. The molecule has 0 spiro atoms. The molecule has 1 unspecified atom stereocenters. The van der Waals surface area contributed by atoms with Crippen molar-refractivity contribution < 1.29 is 4.79 Å². The van der Waals surface area contributed by atoms with Crippen LogP contribution in [0.4, 0.5) is 0 Å². The van der Waals surface area contributed by atoms with Gasteiger partial charge in [-0.3, -0.25) is 14.7 Å². The van der Waals surface area contributed by atoms with E-state index in [2.05, 4.69) is 63.1 Å². The van der Waals surface area contributed by atoms with Gasteiger partial charge in [-0.05, 0) is 42.7 Å². The maximum absolute atomic E-state index is 13.0. The van der Waals surface area contributed by atoms with Crippen LogP contribution in [0, 0.1) is 5.92 Å². The average molecular weight is 440 g/mol. The van der Waals surface area contributed by atoms with Crippen LogP contribution in [0.2, 0.25) is 0 Å². The first kappa shape index (κ1) is 21.3. The number of hydrogen-bond donors (Lipinski definition) is 1. The molecule has 0 radical (unpaired) electrons. The predicted octanol–water partition coefficient (Wildman–Crippen LogP) is 3.91. The molecule has 1 aliphatic heterocycles. The van der Waals surface area contributed by atoms with Crippen molar-refractivity contribution in [1.82, 2.24) is 24.8 Å². The second-order valence-electron chi connectivity index (χ2n) is 8.59. The van der Waals surface area contributed by atoms with E-state index in [1.165, 1.54) is 11.1 Å². The Morgan fingerprint density at radius 2 is 1.91 bits per heavy atom. The molecule has 6 heteroatoms. The number of carbonyl (C=O) groups excluding carboxylic acids is 1. The Morgan fingerprint density at radius 3 is 2.76 bits per heavy atom. The molecule has 0 bridgehead atoms. The van der Waals surface area contributed by atoms with Gasteiger partial charge in [0.15, 0.2) is 0 Å². The number of amides is 1. The van der Waals surface area contributed by atoms with Crippen molar-refractivity contribution in [2.75, 3.05) is 19.6 Å². The fourth-order valence-electron chi connectivity index (χ4n) is 4.83. The quantitative estimate of drug-likeness (QED) is 0.495. The lowest BCUT2D eigenvalue weighted by molar-refractivity contribution is -0.124. The third-order valence-corrected chi connectivity index (χ3v) is 6.45. The second-order valence-corrected chi connectivity index (χ2v) is 8.59. The Labute approximate surface area is 194 Å². The van der Waals surface area contributed by atoms with Gasteiger partial charge in [0.05, 0.1) is 23.5 Å². The average Bonchev–Trinajstić information content (AvgIpc) is 3.11. The van der Waals surface area contributed by atoms with E-state index in [0.717, 1.165) is 42.1 Å². The number of pyridine rings is 1. The SMILES string of the molecule is CCn1c(CN2CCNC(=O)C(Cc3ccccc3-c3cccnc3)C2)nc2ccccc21. The summed E-state index contributed by atoms with van der Waals surface area (Å²) >= 11 is 0. The summed E-state index contributed by atoms with van der Waals surface area (Å²) in [7, 11) is 0. The molecule has 2 aromatic heterocycles. The first-order chi connectivity index (χ1) is 16.2. The van der Waals surface area contributed by atoms with Gasteiger partial charge in [0.2, 0.25) is 5.91 Å². The Balaban J connectivity index is 1.39. The molecule has 0 saturated carbocycles. The van der Waals surface area contributed by atoms with Crippen molar-refractivity contribution in [2.45, 2.75) is 26.4 Å². The fraction of sp³-hybridized carbons (Fsp3) is 0.296.